The summed E-state index contributed by atoms with van der Waals surface area (Å²) >= 11 is 1.66. The molecule has 114 valence electrons. The van der Waals surface area contributed by atoms with Crippen molar-refractivity contribution in [3.63, 3.8) is 0 Å². The Bertz CT molecular complexity index is 576. The van der Waals surface area contributed by atoms with Gasteiger partial charge in [0.1, 0.15) is 6.04 Å². The van der Waals surface area contributed by atoms with E-state index in [1.54, 1.807) is 23.2 Å². The molecule has 2 unspecified atom stereocenters. The van der Waals surface area contributed by atoms with Gasteiger partial charge in [-0.2, -0.15) is 0 Å². The fourth-order valence-electron chi connectivity index (χ4n) is 3.13. The van der Waals surface area contributed by atoms with Crippen molar-refractivity contribution in [1.82, 2.24) is 4.90 Å². The zero-order valence-electron chi connectivity index (χ0n) is 12.5. The lowest BCUT2D eigenvalue weighted by Gasteiger charge is -2.27. The molecule has 3 rings (SSSR count). The van der Waals surface area contributed by atoms with Crippen molar-refractivity contribution in [2.24, 2.45) is 5.92 Å². The zero-order valence-corrected chi connectivity index (χ0v) is 13.3. The Morgan fingerprint density at radius 1 is 1.38 bits per heavy atom. The van der Waals surface area contributed by atoms with E-state index in [0.29, 0.717) is 5.92 Å². The summed E-state index contributed by atoms with van der Waals surface area (Å²) in [5.74, 6) is -0.330. The van der Waals surface area contributed by atoms with Gasteiger partial charge in [-0.05, 0) is 50.5 Å². The molecule has 0 aromatic carbocycles. The maximum absolute atomic E-state index is 12.9. The van der Waals surface area contributed by atoms with E-state index in [0.717, 1.165) is 37.7 Å². The van der Waals surface area contributed by atoms with E-state index in [9.17, 15) is 14.7 Å². The zero-order chi connectivity index (χ0) is 15.1. The van der Waals surface area contributed by atoms with Crippen LogP contribution in [0.25, 0.3) is 0 Å². The van der Waals surface area contributed by atoms with Gasteiger partial charge in [-0.1, -0.05) is 6.92 Å². The number of aliphatic carboxylic acids is 1. The molecule has 1 fully saturated rings. The van der Waals surface area contributed by atoms with Crippen LogP contribution in [0.3, 0.4) is 0 Å². The Balaban J connectivity index is 1.89. The average Bonchev–Trinajstić information content (AvgIpc) is 3.17. The van der Waals surface area contributed by atoms with Gasteiger partial charge in [-0.15, -0.1) is 11.3 Å². The third-order valence-electron chi connectivity index (χ3n) is 4.58. The van der Waals surface area contributed by atoms with Gasteiger partial charge < -0.3 is 10.0 Å². The second-order valence-electron chi connectivity index (χ2n) is 6.36. The van der Waals surface area contributed by atoms with Crippen LogP contribution in [0.15, 0.2) is 5.38 Å². The summed E-state index contributed by atoms with van der Waals surface area (Å²) in [6, 6.07) is -0.635. The topological polar surface area (TPSA) is 57.6 Å². The number of carboxylic acids is 1. The molecule has 2 atom stereocenters. The van der Waals surface area contributed by atoms with Crippen molar-refractivity contribution in [3.8, 4) is 0 Å². The molecule has 5 heteroatoms. The molecule has 2 aliphatic rings. The molecule has 0 saturated heterocycles. The van der Waals surface area contributed by atoms with Gasteiger partial charge in [0.2, 0.25) is 0 Å². The van der Waals surface area contributed by atoms with Crippen LogP contribution in [-0.2, 0) is 17.6 Å². The van der Waals surface area contributed by atoms with Crippen LogP contribution in [0.2, 0.25) is 0 Å². The van der Waals surface area contributed by atoms with E-state index in [-0.39, 0.29) is 11.9 Å². The molecular weight excluding hydrogens is 286 g/mol. The van der Waals surface area contributed by atoms with E-state index < -0.39 is 12.0 Å². The average molecular weight is 307 g/mol. The van der Waals surface area contributed by atoms with E-state index in [1.807, 2.05) is 5.38 Å². The summed E-state index contributed by atoms with van der Waals surface area (Å²) in [6.07, 6.45) is 4.95. The van der Waals surface area contributed by atoms with Gasteiger partial charge in [0.15, 0.2) is 0 Å². The SMILES string of the molecule is CC1CCc2c(C(=O)N(C3CC3)C(C)C(=O)O)csc2C1. The molecule has 0 aliphatic heterocycles. The monoisotopic (exact) mass is 307 g/mol. The lowest BCUT2D eigenvalue weighted by Crippen LogP contribution is -2.45. The quantitative estimate of drug-likeness (QED) is 0.930. The molecule has 0 radical (unpaired) electrons. The number of rotatable bonds is 4. The fraction of sp³-hybridized carbons (Fsp3) is 0.625. The Kier molecular flexibility index (Phi) is 3.78. The summed E-state index contributed by atoms with van der Waals surface area (Å²) in [7, 11) is 0. The van der Waals surface area contributed by atoms with Crippen molar-refractivity contribution >= 4 is 23.2 Å². The summed E-state index contributed by atoms with van der Waals surface area (Å²) < 4.78 is 0. The normalized spacial score (nSPS) is 22.5. The number of nitrogens with zero attached hydrogens (tertiary/aromatic N) is 1. The van der Waals surface area contributed by atoms with Crippen molar-refractivity contribution in [1.29, 1.82) is 0 Å². The third kappa shape index (κ3) is 2.71. The molecule has 2 aliphatic carbocycles. The molecule has 1 amide bonds. The lowest BCUT2D eigenvalue weighted by molar-refractivity contribution is -0.141. The first-order valence-corrected chi connectivity index (χ1v) is 8.51. The van der Waals surface area contributed by atoms with E-state index >= 15 is 0 Å². The fourth-order valence-corrected chi connectivity index (χ4v) is 4.36. The number of carboxylic acid groups (broad SMARTS) is 1. The van der Waals surface area contributed by atoms with Gasteiger partial charge in [-0.3, -0.25) is 4.79 Å². The third-order valence-corrected chi connectivity index (χ3v) is 5.63. The predicted molar refractivity (Wildman–Crippen MR) is 81.8 cm³/mol. The molecule has 1 N–H and O–H groups in total. The maximum atomic E-state index is 12.9. The van der Waals surface area contributed by atoms with Crippen LogP contribution in [0.4, 0.5) is 0 Å². The van der Waals surface area contributed by atoms with Crippen LogP contribution in [0, 0.1) is 5.92 Å². The van der Waals surface area contributed by atoms with Gasteiger partial charge in [0.05, 0.1) is 5.56 Å². The summed E-state index contributed by atoms with van der Waals surface area (Å²) in [6.45, 7) is 3.85. The largest absolute Gasteiger partial charge is 0.480 e. The maximum Gasteiger partial charge on any atom is 0.326 e. The lowest BCUT2D eigenvalue weighted by atomic mass is 9.88. The number of hydrogen-bond acceptors (Lipinski definition) is 3. The molecular formula is C16H21NO3S. The van der Waals surface area contributed by atoms with Crippen LogP contribution < -0.4 is 0 Å². The molecule has 1 aromatic rings. The number of carbonyl (C=O) groups is 2. The van der Waals surface area contributed by atoms with Crippen molar-refractivity contribution < 1.29 is 14.7 Å². The first kappa shape index (κ1) is 14.6. The standard InChI is InChI=1S/C16H21NO3S/c1-9-3-6-12-13(8-21-14(12)7-9)15(18)17(11-4-5-11)10(2)16(19)20/h8-11H,3-7H2,1-2H3,(H,19,20). The van der Waals surface area contributed by atoms with Crippen molar-refractivity contribution in [2.75, 3.05) is 0 Å². The van der Waals surface area contributed by atoms with E-state index in [4.69, 9.17) is 0 Å². The highest BCUT2D eigenvalue weighted by atomic mass is 32.1. The number of amides is 1. The van der Waals surface area contributed by atoms with Crippen molar-refractivity contribution in [2.45, 2.75) is 58.0 Å². The minimum absolute atomic E-state index is 0.0838. The Morgan fingerprint density at radius 3 is 2.71 bits per heavy atom. The van der Waals surface area contributed by atoms with Gasteiger partial charge >= 0.3 is 5.97 Å². The summed E-state index contributed by atoms with van der Waals surface area (Å²) in [5, 5.41) is 11.2. The highest BCUT2D eigenvalue weighted by Crippen LogP contribution is 2.36. The summed E-state index contributed by atoms with van der Waals surface area (Å²) in [5.41, 5.74) is 1.92. The number of thiophene rings is 1. The van der Waals surface area contributed by atoms with Crippen LogP contribution >= 0.6 is 11.3 Å². The highest BCUT2D eigenvalue weighted by molar-refractivity contribution is 7.10. The Morgan fingerprint density at radius 2 is 2.10 bits per heavy atom. The smallest absolute Gasteiger partial charge is 0.326 e. The minimum Gasteiger partial charge on any atom is -0.480 e. The number of hydrogen-bond donors (Lipinski definition) is 1. The predicted octanol–water partition coefficient (Wildman–Crippen LogP) is 2.95. The molecule has 1 aromatic heterocycles. The molecule has 0 bridgehead atoms. The molecule has 1 saturated carbocycles. The number of fused-ring (bicyclic) bond motifs is 1. The van der Waals surface area contributed by atoms with E-state index in [2.05, 4.69) is 6.92 Å². The molecule has 1 heterocycles. The number of carbonyl (C=O) groups excluding carboxylic acids is 1. The first-order chi connectivity index (χ1) is 9.99. The van der Waals surface area contributed by atoms with Gasteiger partial charge in [0, 0.05) is 16.3 Å². The first-order valence-electron chi connectivity index (χ1n) is 7.63. The van der Waals surface area contributed by atoms with Crippen LogP contribution in [0.5, 0.6) is 0 Å². The van der Waals surface area contributed by atoms with Crippen LogP contribution in [0.1, 0.15) is 53.9 Å². The summed E-state index contributed by atoms with van der Waals surface area (Å²) in [4.78, 5) is 27.0. The molecule has 0 spiro atoms. The minimum atomic E-state index is -0.923. The van der Waals surface area contributed by atoms with E-state index in [1.165, 1.54) is 10.4 Å². The Hall–Kier alpha value is -1.36. The highest BCUT2D eigenvalue weighted by Gasteiger charge is 2.40. The second kappa shape index (κ2) is 5.44. The Labute approximate surface area is 128 Å². The molecule has 21 heavy (non-hydrogen) atoms. The second-order valence-corrected chi connectivity index (χ2v) is 7.32. The molecule has 4 nitrogen and oxygen atoms in total. The van der Waals surface area contributed by atoms with Gasteiger partial charge in [-0.25, -0.2) is 4.79 Å². The van der Waals surface area contributed by atoms with Gasteiger partial charge in [0.25, 0.3) is 5.91 Å². The van der Waals surface area contributed by atoms with Crippen molar-refractivity contribution in [3.05, 3.63) is 21.4 Å². The van der Waals surface area contributed by atoms with Crippen LogP contribution in [-0.4, -0.2) is 34.0 Å².